The van der Waals surface area contributed by atoms with Gasteiger partial charge in [0.15, 0.2) is 0 Å². The van der Waals surface area contributed by atoms with Crippen molar-refractivity contribution in [3.8, 4) is 0 Å². The molecule has 2 aromatic carbocycles. The number of carbonyl (C=O) groups is 2. The Labute approximate surface area is 235 Å². The van der Waals surface area contributed by atoms with E-state index in [4.69, 9.17) is 0 Å². The van der Waals surface area contributed by atoms with Gasteiger partial charge in [-0.2, -0.15) is 0 Å². The predicted octanol–water partition coefficient (Wildman–Crippen LogP) is 7.35. The van der Waals surface area contributed by atoms with Gasteiger partial charge in [0, 0.05) is 24.2 Å². The second kappa shape index (κ2) is 17.1. The van der Waals surface area contributed by atoms with Crippen LogP contribution in [0.4, 0.5) is 8.78 Å². The third-order valence-electron chi connectivity index (χ3n) is 5.69. The summed E-state index contributed by atoms with van der Waals surface area (Å²) in [6, 6.07) is 12.0. The normalized spacial score (nSPS) is 13.4. The lowest BCUT2D eigenvalue weighted by Crippen LogP contribution is -2.23. The Balaban J connectivity index is 1.77. The number of carbonyl (C=O) groups excluding carboxylic acids is 2. The summed E-state index contributed by atoms with van der Waals surface area (Å²) in [5.74, 6) is -0.972. The number of allylic oxidation sites excluding steroid dienone is 12. The molecule has 2 N–H and O–H groups in total. The lowest BCUT2D eigenvalue weighted by molar-refractivity contribution is -0.118. The molecule has 0 unspecified atom stereocenters. The average molecular weight is 543 g/mol. The van der Waals surface area contributed by atoms with Crippen molar-refractivity contribution in [1.29, 1.82) is 0 Å². The molecule has 0 aliphatic heterocycles. The minimum atomic E-state index is -0.305. The van der Waals surface area contributed by atoms with Crippen LogP contribution in [0, 0.1) is 11.6 Å². The summed E-state index contributed by atoms with van der Waals surface area (Å²) in [4.78, 5) is 24.4. The molecule has 0 aromatic heterocycles. The quantitative estimate of drug-likeness (QED) is 0.218. The van der Waals surface area contributed by atoms with Gasteiger partial charge in [0.2, 0.25) is 11.8 Å². The Morgan fingerprint density at radius 1 is 0.575 bits per heavy atom. The minimum absolute atomic E-state index is 0.181. The monoisotopic (exact) mass is 542 g/mol. The van der Waals surface area contributed by atoms with Crippen LogP contribution in [-0.2, 0) is 22.7 Å². The molecule has 2 amide bonds. The van der Waals surface area contributed by atoms with Gasteiger partial charge in [-0.3, -0.25) is 9.59 Å². The fourth-order valence-electron chi connectivity index (χ4n) is 3.21. The van der Waals surface area contributed by atoms with E-state index in [1.54, 1.807) is 50.3 Å². The number of hydrogen-bond donors (Lipinski definition) is 2. The molecule has 0 heterocycles. The summed E-state index contributed by atoms with van der Waals surface area (Å²) in [6.45, 7) is 8.07. The van der Waals surface area contributed by atoms with Crippen LogP contribution in [0.2, 0.25) is 0 Å². The van der Waals surface area contributed by atoms with Gasteiger partial charge in [0.05, 0.1) is 0 Å². The molecular weight excluding hydrogens is 506 g/mol. The van der Waals surface area contributed by atoms with E-state index in [0.29, 0.717) is 24.2 Å². The second-order valence-corrected chi connectivity index (χ2v) is 9.24. The molecule has 0 radical (unpaired) electrons. The molecule has 2 rings (SSSR count). The van der Waals surface area contributed by atoms with Gasteiger partial charge in [-0.05, 0) is 63.1 Å². The topological polar surface area (TPSA) is 58.2 Å². The van der Waals surface area contributed by atoms with E-state index in [1.165, 1.54) is 24.3 Å². The number of rotatable bonds is 12. The zero-order valence-electron chi connectivity index (χ0n) is 23.4. The molecule has 0 aliphatic carbocycles. The molecule has 0 saturated carbocycles. The Bertz CT molecular complexity index is 1250. The molecule has 6 heteroatoms. The summed E-state index contributed by atoms with van der Waals surface area (Å²) in [5.41, 5.74) is 4.83. The Morgan fingerprint density at radius 2 is 0.925 bits per heavy atom. The van der Waals surface area contributed by atoms with Gasteiger partial charge >= 0.3 is 0 Å². The zero-order chi connectivity index (χ0) is 29.3. The third-order valence-corrected chi connectivity index (χ3v) is 5.69. The lowest BCUT2D eigenvalue weighted by Gasteiger charge is -2.05. The van der Waals surface area contributed by atoms with Crippen LogP contribution >= 0.6 is 0 Å². The molecule has 40 heavy (non-hydrogen) atoms. The van der Waals surface area contributed by atoms with Crippen molar-refractivity contribution in [1.82, 2.24) is 10.6 Å². The van der Waals surface area contributed by atoms with Gasteiger partial charge < -0.3 is 10.6 Å². The van der Waals surface area contributed by atoms with Crippen LogP contribution in [0.15, 0.2) is 132 Å². The highest BCUT2D eigenvalue weighted by Crippen LogP contribution is 2.05. The highest BCUT2D eigenvalue weighted by Gasteiger charge is 2.04. The molecule has 0 aliphatic rings. The summed E-state index contributed by atoms with van der Waals surface area (Å²) in [6.07, 6.45) is 18.7. The van der Waals surface area contributed by atoms with Crippen LogP contribution < -0.4 is 10.6 Å². The number of amides is 2. The van der Waals surface area contributed by atoms with Crippen molar-refractivity contribution in [3.05, 3.63) is 154 Å². The molecule has 0 atom stereocenters. The first-order valence-electron chi connectivity index (χ1n) is 12.9. The fraction of sp³-hybridized carbons (Fsp3) is 0.176. The average Bonchev–Trinajstić information content (AvgIpc) is 2.94. The SMILES string of the molecule is CC(/C=C/C=C(\C)C(=O)NCc1ccc(F)cc1)=C\C=C\C=C(C)\C=C\C=C(/C)C(=O)NCc1ccc(F)cc1. The van der Waals surface area contributed by atoms with Crippen LogP contribution in [0.3, 0.4) is 0 Å². The maximum atomic E-state index is 13.0. The molecule has 208 valence electrons. The number of benzene rings is 2. The van der Waals surface area contributed by atoms with Crippen LogP contribution in [-0.4, -0.2) is 11.8 Å². The summed E-state index contributed by atoms with van der Waals surface area (Å²) in [7, 11) is 0. The van der Waals surface area contributed by atoms with E-state index in [-0.39, 0.29) is 23.4 Å². The standard InChI is InChI=1S/C34H36F2N2O2/c1-25(11-7-13-27(3)33(39)37-23-29-15-19-31(35)20-16-29)9-5-6-10-26(2)12-8-14-28(4)34(40)38-24-30-17-21-32(36)22-18-30/h5-22H,23-24H2,1-4H3,(H,37,39)(H,38,40)/b6-5+,11-7+,12-8+,25-9+,26-10+,27-13+,28-14+. The van der Waals surface area contributed by atoms with E-state index < -0.39 is 0 Å². The van der Waals surface area contributed by atoms with Gasteiger partial charge in [0.1, 0.15) is 11.6 Å². The van der Waals surface area contributed by atoms with Crippen molar-refractivity contribution in [2.45, 2.75) is 40.8 Å². The van der Waals surface area contributed by atoms with E-state index in [9.17, 15) is 18.4 Å². The van der Waals surface area contributed by atoms with Crippen LogP contribution in [0.25, 0.3) is 0 Å². The predicted molar refractivity (Wildman–Crippen MR) is 159 cm³/mol. The third kappa shape index (κ3) is 12.8. The molecular formula is C34H36F2N2O2. The highest BCUT2D eigenvalue weighted by atomic mass is 19.1. The van der Waals surface area contributed by atoms with Crippen molar-refractivity contribution in [3.63, 3.8) is 0 Å². The van der Waals surface area contributed by atoms with E-state index >= 15 is 0 Å². The fourth-order valence-corrected chi connectivity index (χ4v) is 3.21. The number of hydrogen-bond acceptors (Lipinski definition) is 2. The van der Waals surface area contributed by atoms with Crippen molar-refractivity contribution >= 4 is 11.8 Å². The Hall–Kier alpha value is -4.58. The minimum Gasteiger partial charge on any atom is -0.348 e. The van der Waals surface area contributed by atoms with E-state index in [1.807, 2.05) is 62.5 Å². The molecule has 0 saturated heterocycles. The van der Waals surface area contributed by atoms with Crippen molar-refractivity contribution in [2.75, 3.05) is 0 Å². The summed E-state index contributed by atoms with van der Waals surface area (Å²) in [5, 5.41) is 5.63. The summed E-state index contributed by atoms with van der Waals surface area (Å²) < 4.78 is 25.9. The summed E-state index contributed by atoms with van der Waals surface area (Å²) >= 11 is 0. The van der Waals surface area contributed by atoms with Crippen LogP contribution in [0.5, 0.6) is 0 Å². The highest BCUT2D eigenvalue weighted by molar-refractivity contribution is 5.93. The molecule has 4 nitrogen and oxygen atoms in total. The van der Waals surface area contributed by atoms with E-state index in [2.05, 4.69) is 10.6 Å². The van der Waals surface area contributed by atoms with Gasteiger partial charge in [0.25, 0.3) is 0 Å². The smallest absolute Gasteiger partial charge is 0.247 e. The second-order valence-electron chi connectivity index (χ2n) is 9.24. The van der Waals surface area contributed by atoms with Gasteiger partial charge in [-0.1, -0.05) is 96.2 Å². The molecule has 0 spiro atoms. The zero-order valence-corrected chi connectivity index (χ0v) is 23.4. The maximum Gasteiger partial charge on any atom is 0.247 e. The number of nitrogens with one attached hydrogen (secondary N) is 2. The van der Waals surface area contributed by atoms with Crippen molar-refractivity contribution < 1.29 is 18.4 Å². The molecule has 2 aromatic rings. The Morgan fingerprint density at radius 3 is 1.27 bits per heavy atom. The number of halogens is 2. The van der Waals surface area contributed by atoms with E-state index in [0.717, 1.165) is 22.3 Å². The lowest BCUT2D eigenvalue weighted by atomic mass is 10.2. The molecule has 0 fully saturated rings. The van der Waals surface area contributed by atoms with Crippen LogP contribution in [0.1, 0.15) is 38.8 Å². The molecule has 0 bridgehead atoms. The Kier molecular flexibility index (Phi) is 13.5. The first-order valence-corrected chi connectivity index (χ1v) is 12.9. The first kappa shape index (κ1) is 31.6. The first-order chi connectivity index (χ1) is 19.1. The largest absolute Gasteiger partial charge is 0.348 e. The van der Waals surface area contributed by atoms with Crippen molar-refractivity contribution in [2.24, 2.45) is 0 Å². The van der Waals surface area contributed by atoms with Gasteiger partial charge in [-0.15, -0.1) is 0 Å². The van der Waals surface area contributed by atoms with Gasteiger partial charge in [-0.25, -0.2) is 8.78 Å². The maximum absolute atomic E-state index is 13.0.